The molecule has 3 aromatic carbocycles. The SMILES string of the molecule is COc1ccc(-c2cc(-c3ccc(OC)cc3)n(Cc3ccc(Cl)cc3)n2)cc1. The van der Waals surface area contributed by atoms with Crippen LogP contribution in [-0.4, -0.2) is 24.0 Å². The summed E-state index contributed by atoms with van der Waals surface area (Å²) in [6.07, 6.45) is 0. The molecule has 0 radical (unpaired) electrons. The minimum absolute atomic E-state index is 0.648. The van der Waals surface area contributed by atoms with Gasteiger partial charge in [0.05, 0.1) is 32.2 Å². The van der Waals surface area contributed by atoms with Crippen molar-refractivity contribution in [2.24, 2.45) is 0 Å². The molecule has 4 rings (SSSR count). The molecule has 0 spiro atoms. The average Bonchev–Trinajstić information content (AvgIpc) is 3.19. The predicted octanol–water partition coefficient (Wildman–Crippen LogP) is 5.94. The maximum absolute atomic E-state index is 6.03. The lowest BCUT2D eigenvalue weighted by atomic mass is 10.1. The van der Waals surface area contributed by atoms with Crippen LogP contribution < -0.4 is 9.47 Å². The van der Waals surface area contributed by atoms with Crippen molar-refractivity contribution in [3.05, 3.63) is 89.4 Å². The molecule has 146 valence electrons. The molecular weight excluding hydrogens is 384 g/mol. The number of hydrogen-bond acceptors (Lipinski definition) is 3. The number of halogens is 1. The standard InChI is InChI=1S/C24H21ClN2O2/c1-28-21-11-5-18(6-12-21)23-15-24(19-7-13-22(29-2)14-8-19)27(26-23)16-17-3-9-20(25)10-4-17/h3-15H,16H2,1-2H3. The topological polar surface area (TPSA) is 36.3 Å². The number of ether oxygens (including phenoxy) is 2. The van der Waals surface area contributed by atoms with Crippen molar-refractivity contribution in [3.8, 4) is 34.0 Å². The zero-order valence-corrected chi connectivity index (χ0v) is 17.1. The Morgan fingerprint density at radius 2 is 1.31 bits per heavy atom. The van der Waals surface area contributed by atoms with E-state index in [1.165, 1.54) is 0 Å². The zero-order valence-electron chi connectivity index (χ0n) is 16.3. The second-order valence-electron chi connectivity index (χ2n) is 6.66. The largest absolute Gasteiger partial charge is 0.497 e. The molecule has 0 aliphatic heterocycles. The molecule has 1 aromatic heterocycles. The summed E-state index contributed by atoms with van der Waals surface area (Å²) in [4.78, 5) is 0. The van der Waals surface area contributed by atoms with Gasteiger partial charge < -0.3 is 9.47 Å². The first-order chi connectivity index (χ1) is 14.2. The van der Waals surface area contributed by atoms with Gasteiger partial charge in [0.2, 0.25) is 0 Å². The van der Waals surface area contributed by atoms with Crippen molar-refractivity contribution in [1.82, 2.24) is 9.78 Å². The van der Waals surface area contributed by atoms with Gasteiger partial charge in [-0.25, -0.2) is 0 Å². The van der Waals surface area contributed by atoms with E-state index < -0.39 is 0 Å². The summed E-state index contributed by atoms with van der Waals surface area (Å²) in [5.74, 6) is 1.65. The van der Waals surface area contributed by atoms with Gasteiger partial charge in [-0.05, 0) is 72.3 Å². The van der Waals surface area contributed by atoms with Gasteiger partial charge in [0.15, 0.2) is 0 Å². The van der Waals surface area contributed by atoms with Crippen molar-refractivity contribution in [3.63, 3.8) is 0 Å². The molecule has 1 heterocycles. The molecule has 29 heavy (non-hydrogen) atoms. The summed E-state index contributed by atoms with van der Waals surface area (Å²) in [5, 5.41) is 5.61. The normalized spacial score (nSPS) is 10.7. The quantitative estimate of drug-likeness (QED) is 0.399. The van der Waals surface area contributed by atoms with Gasteiger partial charge >= 0.3 is 0 Å². The summed E-state index contributed by atoms with van der Waals surface area (Å²) >= 11 is 6.03. The smallest absolute Gasteiger partial charge is 0.118 e. The molecule has 0 unspecified atom stereocenters. The van der Waals surface area contributed by atoms with E-state index in [0.717, 1.165) is 44.6 Å². The third-order valence-corrected chi connectivity index (χ3v) is 5.05. The Bertz CT molecular complexity index is 1090. The van der Waals surface area contributed by atoms with E-state index >= 15 is 0 Å². The van der Waals surface area contributed by atoms with Crippen molar-refractivity contribution in [2.45, 2.75) is 6.54 Å². The Labute approximate surface area is 175 Å². The van der Waals surface area contributed by atoms with Crippen molar-refractivity contribution in [2.75, 3.05) is 14.2 Å². The van der Waals surface area contributed by atoms with Crippen LogP contribution in [0.2, 0.25) is 5.02 Å². The fourth-order valence-corrected chi connectivity index (χ4v) is 3.32. The van der Waals surface area contributed by atoms with E-state index in [9.17, 15) is 0 Å². The zero-order chi connectivity index (χ0) is 20.2. The Morgan fingerprint density at radius 3 is 1.86 bits per heavy atom. The predicted molar refractivity (Wildman–Crippen MR) is 117 cm³/mol. The van der Waals surface area contributed by atoms with E-state index in [1.807, 2.05) is 77.5 Å². The first-order valence-electron chi connectivity index (χ1n) is 9.27. The lowest BCUT2D eigenvalue weighted by Crippen LogP contribution is -2.04. The molecule has 4 nitrogen and oxygen atoms in total. The fraction of sp³-hybridized carbons (Fsp3) is 0.125. The highest BCUT2D eigenvalue weighted by Crippen LogP contribution is 2.29. The Morgan fingerprint density at radius 1 is 0.759 bits per heavy atom. The number of aromatic nitrogens is 2. The summed E-state index contributed by atoms with van der Waals surface area (Å²) in [6, 6.07) is 25.9. The monoisotopic (exact) mass is 404 g/mol. The maximum atomic E-state index is 6.03. The molecule has 0 aliphatic rings. The third kappa shape index (κ3) is 4.28. The molecule has 0 bridgehead atoms. The average molecular weight is 405 g/mol. The van der Waals surface area contributed by atoms with Crippen LogP contribution >= 0.6 is 11.6 Å². The van der Waals surface area contributed by atoms with Gasteiger partial charge in [0.1, 0.15) is 11.5 Å². The van der Waals surface area contributed by atoms with Gasteiger partial charge in [-0.1, -0.05) is 23.7 Å². The number of methoxy groups -OCH3 is 2. The number of hydrogen-bond donors (Lipinski definition) is 0. The molecule has 0 amide bonds. The van der Waals surface area contributed by atoms with Crippen LogP contribution in [0.4, 0.5) is 0 Å². The van der Waals surface area contributed by atoms with Gasteiger partial charge in [0, 0.05) is 16.1 Å². The van der Waals surface area contributed by atoms with E-state index in [1.54, 1.807) is 14.2 Å². The van der Waals surface area contributed by atoms with Gasteiger partial charge in [-0.15, -0.1) is 0 Å². The highest BCUT2D eigenvalue weighted by molar-refractivity contribution is 6.30. The minimum Gasteiger partial charge on any atom is -0.497 e. The molecular formula is C24H21ClN2O2. The summed E-state index contributed by atoms with van der Waals surface area (Å²) in [7, 11) is 3.33. The van der Waals surface area contributed by atoms with Crippen LogP contribution in [0, 0.1) is 0 Å². The Kier molecular flexibility index (Phi) is 5.54. The first-order valence-corrected chi connectivity index (χ1v) is 9.65. The van der Waals surface area contributed by atoms with Crippen LogP contribution in [0.1, 0.15) is 5.56 Å². The summed E-state index contributed by atoms with van der Waals surface area (Å²) in [6.45, 7) is 0.648. The van der Waals surface area contributed by atoms with Crippen molar-refractivity contribution < 1.29 is 9.47 Å². The third-order valence-electron chi connectivity index (χ3n) is 4.80. The molecule has 0 fully saturated rings. The molecule has 0 saturated heterocycles. The molecule has 4 aromatic rings. The molecule has 0 atom stereocenters. The molecule has 0 saturated carbocycles. The van der Waals surface area contributed by atoms with E-state index in [0.29, 0.717) is 6.54 Å². The van der Waals surface area contributed by atoms with Gasteiger partial charge in [0.25, 0.3) is 0 Å². The first kappa shape index (κ1) is 19.1. The van der Waals surface area contributed by atoms with Crippen LogP contribution in [0.15, 0.2) is 78.9 Å². The lowest BCUT2D eigenvalue weighted by molar-refractivity contribution is 0.414. The van der Waals surface area contributed by atoms with E-state index in [2.05, 4.69) is 6.07 Å². The maximum Gasteiger partial charge on any atom is 0.118 e. The second kappa shape index (κ2) is 8.41. The fourth-order valence-electron chi connectivity index (χ4n) is 3.20. The van der Waals surface area contributed by atoms with Crippen LogP contribution in [-0.2, 0) is 6.54 Å². The summed E-state index contributed by atoms with van der Waals surface area (Å²) in [5.41, 5.74) is 5.19. The Balaban J connectivity index is 1.75. The van der Waals surface area contributed by atoms with E-state index in [4.69, 9.17) is 26.2 Å². The summed E-state index contributed by atoms with van der Waals surface area (Å²) < 4.78 is 12.6. The van der Waals surface area contributed by atoms with Crippen LogP contribution in [0.25, 0.3) is 22.5 Å². The highest BCUT2D eigenvalue weighted by atomic mass is 35.5. The van der Waals surface area contributed by atoms with Crippen LogP contribution in [0.5, 0.6) is 11.5 Å². The van der Waals surface area contributed by atoms with Crippen molar-refractivity contribution in [1.29, 1.82) is 0 Å². The Hall–Kier alpha value is -3.24. The van der Waals surface area contributed by atoms with Gasteiger partial charge in [-0.2, -0.15) is 5.10 Å². The molecule has 0 aliphatic carbocycles. The van der Waals surface area contributed by atoms with E-state index in [-0.39, 0.29) is 0 Å². The van der Waals surface area contributed by atoms with Crippen LogP contribution in [0.3, 0.4) is 0 Å². The van der Waals surface area contributed by atoms with Gasteiger partial charge in [-0.3, -0.25) is 4.68 Å². The highest BCUT2D eigenvalue weighted by Gasteiger charge is 2.13. The minimum atomic E-state index is 0.648. The molecule has 0 N–H and O–H groups in total. The molecule has 5 heteroatoms. The number of benzene rings is 3. The number of nitrogens with zero attached hydrogens (tertiary/aromatic N) is 2. The number of rotatable bonds is 6. The second-order valence-corrected chi connectivity index (χ2v) is 7.09. The van der Waals surface area contributed by atoms with Crippen molar-refractivity contribution >= 4 is 11.6 Å². The lowest BCUT2D eigenvalue weighted by Gasteiger charge is -2.09.